The van der Waals surface area contributed by atoms with Crippen LogP contribution in [-0.2, 0) is 13.2 Å². The molecule has 5 aromatic rings. The zero-order chi connectivity index (χ0) is 33.3. The molecule has 2 amide bonds. The second kappa shape index (κ2) is 14.4. The predicted octanol–water partition coefficient (Wildman–Crippen LogP) is 6.27. The number of aldehydes is 1. The van der Waals surface area contributed by atoms with Crippen LogP contribution in [0.15, 0.2) is 109 Å². The molecular weight excluding hydrogens is 604 g/mol. The minimum Gasteiger partial charge on any atom is -0.507 e. The maximum Gasteiger partial charge on any atom is 0.339 e. The van der Waals surface area contributed by atoms with Crippen LogP contribution in [0.5, 0.6) is 23.0 Å². The highest BCUT2D eigenvalue weighted by Gasteiger charge is 2.25. The van der Waals surface area contributed by atoms with E-state index in [1.165, 1.54) is 36.4 Å². The molecule has 11 nitrogen and oxygen atoms in total. The first kappa shape index (κ1) is 31.8. The maximum atomic E-state index is 13.8. The summed E-state index contributed by atoms with van der Waals surface area (Å²) in [6.45, 7) is 0.0796. The van der Waals surface area contributed by atoms with Crippen molar-refractivity contribution in [3.8, 4) is 23.0 Å². The molecule has 5 aromatic carbocycles. The summed E-state index contributed by atoms with van der Waals surface area (Å²) in [5.74, 6) is -3.58. The fourth-order valence-electron chi connectivity index (χ4n) is 4.56. The lowest BCUT2D eigenvalue weighted by Gasteiger charge is -2.19. The van der Waals surface area contributed by atoms with Gasteiger partial charge in [-0.3, -0.25) is 14.4 Å². The van der Waals surface area contributed by atoms with Crippen LogP contribution < -0.4 is 20.1 Å². The third kappa shape index (κ3) is 7.91. The summed E-state index contributed by atoms with van der Waals surface area (Å²) in [7, 11) is 0. The average molecular weight is 633 g/mol. The van der Waals surface area contributed by atoms with Gasteiger partial charge in [0.2, 0.25) is 0 Å². The summed E-state index contributed by atoms with van der Waals surface area (Å²) < 4.78 is 12.1. The van der Waals surface area contributed by atoms with E-state index < -0.39 is 29.1 Å². The van der Waals surface area contributed by atoms with Crippen molar-refractivity contribution in [2.75, 3.05) is 10.6 Å². The number of benzene rings is 5. The van der Waals surface area contributed by atoms with Crippen molar-refractivity contribution in [2.45, 2.75) is 13.2 Å². The molecule has 11 heteroatoms. The molecule has 5 N–H and O–H groups in total. The molecule has 0 fully saturated rings. The topological polar surface area (TPSA) is 171 Å². The Bertz CT molecular complexity index is 1940. The van der Waals surface area contributed by atoms with Gasteiger partial charge in [-0.1, -0.05) is 60.7 Å². The highest BCUT2D eigenvalue weighted by Crippen LogP contribution is 2.33. The number of nitrogens with one attached hydrogen (secondary N) is 2. The Kier molecular flexibility index (Phi) is 9.77. The number of hydrogen-bond donors (Lipinski definition) is 5. The van der Waals surface area contributed by atoms with E-state index in [4.69, 9.17) is 9.47 Å². The number of rotatable bonds is 12. The lowest BCUT2D eigenvalue weighted by Crippen LogP contribution is -2.19. The zero-order valence-corrected chi connectivity index (χ0v) is 24.7. The number of carbonyl (C=O) groups is 4. The number of hydrogen-bond acceptors (Lipinski definition) is 8. The van der Waals surface area contributed by atoms with Crippen LogP contribution in [0.4, 0.5) is 11.4 Å². The molecule has 0 bridgehead atoms. The molecule has 0 aliphatic rings. The van der Waals surface area contributed by atoms with Crippen LogP contribution in [0, 0.1) is 0 Å². The quantitative estimate of drug-likeness (QED) is 0.0785. The van der Waals surface area contributed by atoms with E-state index in [1.807, 2.05) is 36.4 Å². The Morgan fingerprint density at radius 3 is 1.66 bits per heavy atom. The Balaban J connectivity index is 1.58. The van der Waals surface area contributed by atoms with E-state index >= 15 is 0 Å². The number of aromatic hydroxyl groups is 2. The standard InChI is InChI=1S/C36H28N2O9/c39-19-24-15-25(11-13-31(24)40)37-34(42)29-17-27(46-20-22-7-3-1-4-8-22)18-30(33(29)47-21-23-9-5-2-6-10-23)35(43)38-26-12-14-32(41)28(16-26)36(44)45/h1-19,40-41H,20-21H2,(H,37,42)(H,38,43)(H,44,45). The first-order valence-corrected chi connectivity index (χ1v) is 14.2. The number of carboxylic acid groups (broad SMARTS) is 1. The molecule has 0 aromatic heterocycles. The molecule has 0 saturated carbocycles. The first-order valence-electron chi connectivity index (χ1n) is 14.2. The van der Waals surface area contributed by atoms with Crippen molar-refractivity contribution in [1.29, 1.82) is 0 Å². The van der Waals surface area contributed by atoms with Crippen LogP contribution in [0.25, 0.3) is 0 Å². The first-order chi connectivity index (χ1) is 22.7. The Morgan fingerprint density at radius 1 is 0.617 bits per heavy atom. The number of ether oxygens (including phenoxy) is 2. The Morgan fingerprint density at radius 2 is 1.13 bits per heavy atom. The van der Waals surface area contributed by atoms with E-state index in [-0.39, 0.29) is 58.5 Å². The van der Waals surface area contributed by atoms with Crippen LogP contribution in [0.2, 0.25) is 0 Å². The van der Waals surface area contributed by atoms with Crippen LogP contribution in [0.3, 0.4) is 0 Å². The second-order valence-corrected chi connectivity index (χ2v) is 10.2. The largest absolute Gasteiger partial charge is 0.507 e. The molecule has 0 aliphatic carbocycles. The normalized spacial score (nSPS) is 10.5. The van der Waals surface area contributed by atoms with Gasteiger partial charge in [0.05, 0.1) is 16.7 Å². The van der Waals surface area contributed by atoms with E-state index in [0.29, 0.717) is 6.29 Å². The highest BCUT2D eigenvalue weighted by atomic mass is 16.5. The molecule has 47 heavy (non-hydrogen) atoms. The molecule has 0 aliphatic heterocycles. The van der Waals surface area contributed by atoms with Crippen LogP contribution in [0.1, 0.15) is 52.6 Å². The summed E-state index contributed by atoms with van der Waals surface area (Å²) in [6, 6.07) is 28.6. The monoisotopic (exact) mass is 632 g/mol. The van der Waals surface area contributed by atoms with Crippen molar-refractivity contribution in [3.05, 3.63) is 143 Å². The van der Waals surface area contributed by atoms with Gasteiger partial charge in [0, 0.05) is 11.4 Å². The van der Waals surface area contributed by atoms with Gasteiger partial charge in [-0.05, 0) is 59.7 Å². The summed E-state index contributed by atoms with van der Waals surface area (Å²) >= 11 is 0. The van der Waals surface area contributed by atoms with E-state index in [2.05, 4.69) is 10.6 Å². The third-order valence-electron chi connectivity index (χ3n) is 6.92. The van der Waals surface area contributed by atoms with Crippen molar-refractivity contribution < 1.29 is 44.0 Å². The highest BCUT2D eigenvalue weighted by molar-refractivity contribution is 6.13. The van der Waals surface area contributed by atoms with Crippen molar-refractivity contribution in [3.63, 3.8) is 0 Å². The predicted molar refractivity (Wildman–Crippen MR) is 172 cm³/mol. The van der Waals surface area contributed by atoms with Gasteiger partial charge in [0.1, 0.15) is 41.8 Å². The van der Waals surface area contributed by atoms with Crippen LogP contribution in [-0.4, -0.2) is 39.4 Å². The van der Waals surface area contributed by atoms with Gasteiger partial charge in [-0.2, -0.15) is 0 Å². The van der Waals surface area contributed by atoms with Gasteiger partial charge in [-0.15, -0.1) is 0 Å². The minimum absolute atomic E-state index is 0.0253. The molecule has 0 unspecified atom stereocenters. The van der Waals surface area contributed by atoms with E-state index in [1.54, 1.807) is 24.3 Å². The molecule has 5 rings (SSSR count). The Hall–Kier alpha value is -6.62. The molecule has 0 radical (unpaired) electrons. The van der Waals surface area contributed by atoms with Crippen molar-refractivity contribution >= 4 is 35.4 Å². The Labute approximate surface area is 268 Å². The SMILES string of the molecule is O=Cc1cc(NC(=O)c2cc(OCc3ccccc3)cc(C(=O)Nc3ccc(O)c(C(=O)O)c3)c2OCc2ccccc2)ccc1O. The number of amides is 2. The molecule has 0 heterocycles. The van der Waals surface area contributed by atoms with Crippen molar-refractivity contribution in [2.24, 2.45) is 0 Å². The number of anilines is 2. The minimum atomic E-state index is -1.40. The van der Waals surface area contributed by atoms with Gasteiger partial charge in [0.25, 0.3) is 11.8 Å². The molecule has 0 saturated heterocycles. The van der Waals surface area contributed by atoms with Gasteiger partial charge >= 0.3 is 5.97 Å². The fourth-order valence-corrected chi connectivity index (χ4v) is 4.56. The van der Waals surface area contributed by atoms with Gasteiger partial charge < -0.3 is 35.4 Å². The summed E-state index contributed by atoms with van der Waals surface area (Å²) in [5, 5.41) is 34.6. The van der Waals surface area contributed by atoms with Crippen molar-refractivity contribution in [1.82, 2.24) is 0 Å². The number of carbonyl (C=O) groups excluding carboxylic acids is 3. The van der Waals surface area contributed by atoms with Gasteiger partial charge in [-0.25, -0.2) is 4.79 Å². The zero-order valence-electron chi connectivity index (χ0n) is 24.7. The summed E-state index contributed by atoms with van der Waals surface area (Å²) in [6.07, 6.45) is 0.443. The van der Waals surface area contributed by atoms with E-state index in [9.17, 15) is 34.5 Å². The molecular formula is C36H28N2O9. The molecule has 0 atom stereocenters. The summed E-state index contributed by atoms with van der Waals surface area (Å²) in [5.41, 5.74) is 1.15. The molecule has 0 spiro atoms. The fraction of sp³-hybridized carbons (Fsp3) is 0.0556. The number of phenols is 2. The summed E-state index contributed by atoms with van der Waals surface area (Å²) in [4.78, 5) is 50.6. The lowest BCUT2D eigenvalue weighted by molar-refractivity contribution is 0.0693. The average Bonchev–Trinajstić information content (AvgIpc) is 3.08. The number of phenolic OH excluding ortho intramolecular Hbond substituents is 1. The smallest absolute Gasteiger partial charge is 0.339 e. The second-order valence-electron chi connectivity index (χ2n) is 10.2. The number of aromatic carboxylic acids is 1. The van der Waals surface area contributed by atoms with Crippen LogP contribution >= 0.6 is 0 Å². The van der Waals surface area contributed by atoms with Gasteiger partial charge in [0.15, 0.2) is 6.29 Å². The van der Waals surface area contributed by atoms with E-state index in [0.717, 1.165) is 23.3 Å². The maximum absolute atomic E-state index is 13.8. The third-order valence-corrected chi connectivity index (χ3v) is 6.92. The number of carboxylic acids is 1. The lowest BCUT2D eigenvalue weighted by atomic mass is 10.0. The molecule has 236 valence electrons.